The summed E-state index contributed by atoms with van der Waals surface area (Å²) in [6, 6.07) is 18.8. The van der Waals surface area contributed by atoms with E-state index in [0.717, 1.165) is 25.1 Å². The van der Waals surface area contributed by atoms with Crippen molar-refractivity contribution in [3.05, 3.63) is 84.9 Å². The molecule has 7 N–H and O–H groups in total. The molecule has 0 saturated heterocycles. The van der Waals surface area contributed by atoms with Crippen molar-refractivity contribution in [1.82, 2.24) is 15.0 Å². The van der Waals surface area contributed by atoms with Crippen LogP contribution >= 0.6 is 0 Å². The largest absolute Gasteiger partial charge is 0.494 e. The molecular weight excluding hydrogens is 889 g/mol. The molecule has 0 radical (unpaired) electrons. The van der Waals surface area contributed by atoms with Crippen molar-refractivity contribution in [2.24, 2.45) is 20.5 Å². The van der Waals surface area contributed by atoms with Crippen LogP contribution in [0.2, 0.25) is 0 Å². The Kier molecular flexibility index (Phi) is 14.2. The maximum Gasteiger partial charge on any atom is 0.294 e. The summed E-state index contributed by atoms with van der Waals surface area (Å²) in [5, 5.41) is 22.8. The standard InChI is InChI=1S/C33H34N10O14S4/c1-20(59(47,48)49)34-31-37-32(35-27-12-10-23(18-29(27)56-2)42-40-21-6-3-8-25(16-21)60(50,51)52)39-33(38-31)36-28-13-11-24(19-30(28)57-14-5-15-58(44,45)46)43-41-22-7-4-9-26(17-22)61(53,54)55/h3-4,6-13,16-20H,5,14-15H2,1-2H3,(H,44,45,46)(H,47,48,49)(H,50,51,52)(H,53,54,55)(H3,34,35,36,37,38,39). The molecule has 28 heteroatoms. The van der Waals surface area contributed by atoms with Gasteiger partial charge in [-0.2, -0.15) is 69.1 Å². The molecule has 324 valence electrons. The maximum atomic E-state index is 11.9. The summed E-state index contributed by atoms with van der Waals surface area (Å²) in [5.41, 5.74) is 0.977. The molecule has 0 saturated carbocycles. The Hall–Kier alpha value is -6.27. The predicted octanol–water partition coefficient (Wildman–Crippen LogP) is 5.99. The molecule has 1 aromatic heterocycles. The Morgan fingerprint density at radius 1 is 0.607 bits per heavy atom. The van der Waals surface area contributed by atoms with Crippen LogP contribution in [-0.4, -0.2) is 91.7 Å². The molecule has 0 fully saturated rings. The van der Waals surface area contributed by atoms with E-state index in [1.54, 1.807) is 0 Å². The van der Waals surface area contributed by atoms with Gasteiger partial charge in [-0.1, -0.05) is 12.1 Å². The topological polar surface area (TPSA) is 360 Å². The molecule has 0 spiro atoms. The lowest BCUT2D eigenvalue weighted by molar-refractivity contribution is 0.317. The Morgan fingerprint density at radius 2 is 1.05 bits per heavy atom. The van der Waals surface area contributed by atoms with E-state index in [-0.39, 0.29) is 81.4 Å². The van der Waals surface area contributed by atoms with E-state index in [1.165, 1.54) is 73.8 Å². The molecule has 24 nitrogen and oxygen atoms in total. The minimum absolute atomic E-state index is 0.0188. The van der Waals surface area contributed by atoms with Crippen LogP contribution in [0.25, 0.3) is 0 Å². The van der Waals surface area contributed by atoms with Crippen molar-refractivity contribution in [3.63, 3.8) is 0 Å². The molecule has 0 aliphatic heterocycles. The number of methoxy groups -OCH3 is 1. The van der Waals surface area contributed by atoms with Crippen molar-refractivity contribution in [2.75, 3.05) is 35.4 Å². The van der Waals surface area contributed by atoms with E-state index in [0.29, 0.717) is 0 Å². The first-order valence-electron chi connectivity index (χ1n) is 17.0. The summed E-state index contributed by atoms with van der Waals surface area (Å²) in [6.45, 7) is 0.889. The van der Waals surface area contributed by atoms with Gasteiger partial charge in [-0.05, 0) is 74.0 Å². The third-order valence-electron chi connectivity index (χ3n) is 7.65. The molecule has 0 bridgehead atoms. The van der Waals surface area contributed by atoms with Gasteiger partial charge < -0.3 is 25.4 Å². The highest BCUT2D eigenvalue weighted by atomic mass is 32.2. The van der Waals surface area contributed by atoms with Gasteiger partial charge in [-0.15, -0.1) is 0 Å². The highest BCUT2D eigenvalue weighted by Gasteiger charge is 2.20. The summed E-state index contributed by atoms with van der Waals surface area (Å²) in [4.78, 5) is 12.0. The van der Waals surface area contributed by atoms with Crippen molar-refractivity contribution >= 4 is 92.4 Å². The molecule has 0 amide bonds. The number of nitrogens with zero attached hydrogens (tertiary/aromatic N) is 7. The van der Waals surface area contributed by atoms with Gasteiger partial charge in [0.1, 0.15) is 11.5 Å². The minimum atomic E-state index is -4.64. The van der Waals surface area contributed by atoms with Gasteiger partial charge in [-0.25, -0.2) is 0 Å². The van der Waals surface area contributed by atoms with E-state index in [1.807, 2.05) is 0 Å². The first-order valence-corrected chi connectivity index (χ1v) is 23.0. The van der Waals surface area contributed by atoms with Crippen LogP contribution in [0.15, 0.2) is 115 Å². The Bertz CT molecular complexity index is 2940. The lowest BCUT2D eigenvalue weighted by atomic mass is 10.2. The number of benzene rings is 4. The maximum absolute atomic E-state index is 11.9. The fourth-order valence-electron chi connectivity index (χ4n) is 4.76. The normalized spacial score (nSPS) is 13.0. The number of nitrogens with one attached hydrogen (secondary N) is 3. The van der Waals surface area contributed by atoms with Crippen LogP contribution in [0.3, 0.4) is 0 Å². The summed E-state index contributed by atoms with van der Waals surface area (Å²) >= 11 is 0. The Balaban J connectivity index is 1.47. The molecule has 1 heterocycles. The fourth-order valence-corrected chi connectivity index (χ4v) is 6.53. The number of aromatic nitrogens is 3. The van der Waals surface area contributed by atoms with Gasteiger partial charge >= 0.3 is 0 Å². The summed E-state index contributed by atoms with van der Waals surface area (Å²) in [6.07, 6.45) is -0.142. The highest BCUT2D eigenvalue weighted by molar-refractivity contribution is 7.86. The second-order valence-corrected chi connectivity index (χ2v) is 18.4. The van der Waals surface area contributed by atoms with E-state index in [2.05, 4.69) is 51.4 Å². The van der Waals surface area contributed by atoms with E-state index in [9.17, 15) is 47.3 Å². The first kappa shape index (κ1) is 45.8. The van der Waals surface area contributed by atoms with Crippen molar-refractivity contribution in [3.8, 4) is 11.5 Å². The van der Waals surface area contributed by atoms with Crippen LogP contribution < -0.4 is 25.4 Å². The number of rotatable bonds is 19. The number of anilines is 5. The molecule has 0 aliphatic rings. The molecule has 5 rings (SSSR count). The molecule has 5 aromatic rings. The zero-order valence-corrected chi connectivity index (χ0v) is 34.7. The zero-order chi connectivity index (χ0) is 44.6. The number of hydrogen-bond acceptors (Lipinski definition) is 20. The van der Waals surface area contributed by atoms with Gasteiger partial charge in [0.15, 0.2) is 5.37 Å². The summed E-state index contributed by atoms with van der Waals surface area (Å²) < 4.78 is 141. The van der Waals surface area contributed by atoms with Crippen LogP contribution in [0.4, 0.5) is 52.0 Å². The van der Waals surface area contributed by atoms with E-state index < -0.39 is 56.5 Å². The summed E-state index contributed by atoms with van der Waals surface area (Å²) in [5.74, 6) is -1.22. The average molecular weight is 923 g/mol. The Labute approximate surface area is 348 Å². The number of azo groups is 2. The lowest BCUT2D eigenvalue weighted by Crippen LogP contribution is -2.27. The molecule has 4 aromatic carbocycles. The smallest absolute Gasteiger partial charge is 0.294 e. The zero-order valence-electron chi connectivity index (χ0n) is 31.4. The minimum Gasteiger partial charge on any atom is -0.494 e. The quantitative estimate of drug-likeness (QED) is 0.0284. The Morgan fingerprint density at radius 3 is 1.49 bits per heavy atom. The SMILES string of the molecule is COc1cc(N=Nc2cccc(S(=O)(=O)O)c2)ccc1Nc1nc(Nc2ccc(N=Nc3cccc(S(=O)(=O)O)c3)cc2OCCCS(=O)(=O)O)nc(NC(C)S(=O)(=O)O)n1. The van der Waals surface area contributed by atoms with Crippen LogP contribution in [-0.2, 0) is 40.5 Å². The van der Waals surface area contributed by atoms with Crippen molar-refractivity contribution in [2.45, 2.75) is 28.5 Å². The number of ether oxygens (including phenoxy) is 2. The van der Waals surface area contributed by atoms with Gasteiger partial charge in [0.05, 0.1) is 63.4 Å². The molecular formula is C33H34N10O14S4. The fraction of sp³-hybridized carbons (Fsp3) is 0.182. The monoisotopic (exact) mass is 922 g/mol. The van der Waals surface area contributed by atoms with Crippen molar-refractivity contribution in [1.29, 1.82) is 0 Å². The second-order valence-electron chi connectivity index (χ2n) is 12.3. The van der Waals surface area contributed by atoms with Crippen LogP contribution in [0.1, 0.15) is 13.3 Å². The second kappa shape index (κ2) is 19.0. The van der Waals surface area contributed by atoms with E-state index in [4.69, 9.17) is 14.0 Å². The molecule has 0 aliphatic carbocycles. The van der Waals surface area contributed by atoms with Crippen LogP contribution in [0.5, 0.6) is 11.5 Å². The van der Waals surface area contributed by atoms with Gasteiger partial charge in [0, 0.05) is 12.1 Å². The first-order chi connectivity index (χ1) is 28.6. The average Bonchev–Trinajstić information content (AvgIpc) is 3.18. The summed E-state index contributed by atoms with van der Waals surface area (Å²) in [7, 11) is -16.6. The number of hydrogen-bond donors (Lipinski definition) is 7. The van der Waals surface area contributed by atoms with Gasteiger partial charge in [0.2, 0.25) is 17.8 Å². The third-order valence-corrected chi connectivity index (χ3v) is 11.2. The third kappa shape index (κ3) is 13.9. The molecule has 1 atom stereocenters. The van der Waals surface area contributed by atoms with Crippen molar-refractivity contribution < 1.29 is 61.4 Å². The van der Waals surface area contributed by atoms with E-state index >= 15 is 0 Å². The molecule has 61 heavy (non-hydrogen) atoms. The lowest BCUT2D eigenvalue weighted by Gasteiger charge is -2.16. The van der Waals surface area contributed by atoms with Crippen LogP contribution in [0, 0.1) is 0 Å². The van der Waals surface area contributed by atoms with Gasteiger partial charge in [0.25, 0.3) is 40.5 Å². The highest BCUT2D eigenvalue weighted by Crippen LogP contribution is 2.35. The molecule has 1 unspecified atom stereocenters. The van der Waals surface area contributed by atoms with Gasteiger partial charge in [-0.3, -0.25) is 18.2 Å². The predicted molar refractivity (Wildman–Crippen MR) is 218 cm³/mol.